The number of hydrogen-bond acceptors (Lipinski definition) is 4. The molecule has 1 N–H and O–H groups in total. The van der Waals surface area contributed by atoms with Crippen molar-refractivity contribution >= 4 is 28.9 Å². The quantitative estimate of drug-likeness (QED) is 0.688. The highest BCUT2D eigenvalue weighted by atomic mass is 35.5. The lowest BCUT2D eigenvalue weighted by Crippen LogP contribution is -2.33. The largest absolute Gasteiger partial charge is 0.364 e. The van der Waals surface area contributed by atoms with E-state index in [1.165, 1.54) is 13.1 Å². The number of fused-ring (bicyclic) bond motifs is 1. The summed E-state index contributed by atoms with van der Waals surface area (Å²) in [7, 11) is 0. The van der Waals surface area contributed by atoms with E-state index in [9.17, 15) is 18.4 Å². The van der Waals surface area contributed by atoms with E-state index in [1.54, 1.807) is 0 Å². The number of benzene rings is 2. The van der Waals surface area contributed by atoms with Gasteiger partial charge in [-0.05, 0) is 35.7 Å². The van der Waals surface area contributed by atoms with E-state index >= 15 is 0 Å². The van der Waals surface area contributed by atoms with Crippen molar-refractivity contribution < 1.29 is 13.6 Å². The van der Waals surface area contributed by atoms with Crippen LogP contribution < -0.4 is 15.8 Å². The van der Waals surface area contributed by atoms with Crippen LogP contribution in [0.1, 0.15) is 18.1 Å². The van der Waals surface area contributed by atoms with Crippen molar-refractivity contribution in [2.75, 3.05) is 16.8 Å². The summed E-state index contributed by atoms with van der Waals surface area (Å²) in [5.74, 6) is -1.81. The molecule has 0 saturated heterocycles. The Morgan fingerprint density at radius 1 is 1.20 bits per heavy atom. The lowest BCUT2D eigenvalue weighted by molar-refractivity contribution is -0.114. The van der Waals surface area contributed by atoms with Gasteiger partial charge in [0.2, 0.25) is 5.91 Å². The summed E-state index contributed by atoms with van der Waals surface area (Å²) in [6.45, 7) is 2.48. The molecule has 1 aliphatic rings. The minimum absolute atomic E-state index is 0.102. The number of halogens is 3. The molecule has 0 aliphatic carbocycles. The number of carbonyl (C=O) groups is 1. The van der Waals surface area contributed by atoms with Crippen LogP contribution >= 0.6 is 11.6 Å². The first-order valence-corrected chi connectivity index (χ1v) is 9.59. The predicted molar refractivity (Wildman–Crippen MR) is 110 cm³/mol. The first kappa shape index (κ1) is 20.0. The van der Waals surface area contributed by atoms with Crippen LogP contribution in [0.2, 0.25) is 5.02 Å². The van der Waals surface area contributed by atoms with Gasteiger partial charge in [0.1, 0.15) is 16.5 Å². The second-order valence-electron chi connectivity index (χ2n) is 6.95. The Morgan fingerprint density at radius 3 is 2.73 bits per heavy atom. The third-order valence-electron chi connectivity index (χ3n) is 4.96. The zero-order valence-electron chi connectivity index (χ0n) is 16.0. The molecule has 6 nitrogen and oxygen atoms in total. The van der Waals surface area contributed by atoms with Crippen LogP contribution in [0.25, 0.3) is 5.69 Å². The van der Waals surface area contributed by atoms with Gasteiger partial charge in [-0.1, -0.05) is 23.7 Å². The maximum Gasteiger partial charge on any atom is 0.292 e. The third-order valence-corrected chi connectivity index (χ3v) is 5.31. The lowest BCUT2D eigenvalue weighted by Gasteiger charge is -2.32. The first-order valence-electron chi connectivity index (χ1n) is 9.21. The Labute approximate surface area is 175 Å². The molecule has 154 valence electrons. The van der Waals surface area contributed by atoms with Crippen LogP contribution in [-0.2, 0) is 17.8 Å². The van der Waals surface area contributed by atoms with E-state index in [2.05, 4.69) is 10.4 Å². The molecule has 0 saturated carbocycles. The topological polar surface area (TPSA) is 67.2 Å². The number of nitrogens with one attached hydrogen (secondary N) is 1. The van der Waals surface area contributed by atoms with Gasteiger partial charge in [0.25, 0.3) is 5.56 Å². The molecule has 0 fully saturated rings. The molecule has 2 aromatic carbocycles. The highest BCUT2D eigenvalue weighted by Gasteiger charge is 2.23. The molecule has 0 bridgehead atoms. The van der Waals surface area contributed by atoms with Gasteiger partial charge >= 0.3 is 0 Å². The molecular formula is C21H17ClF2N4O2. The fraction of sp³-hybridized carbons (Fsp3) is 0.190. The molecule has 1 aliphatic heterocycles. The second kappa shape index (κ2) is 7.87. The van der Waals surface area contributed by atoms with E-state index in [1.807, 2.05) is 23.1 Å². The third kappa shape index (κ3) is 3.66. The number of amides is 1. The summed E-state index contributed by atoms with van der Waals surface area (Å²) < 4.78 is 28.1. The highest BCUT2D eigenvalue weighted by molar-refractivity contribution is 6.33. The summed E-state index contributed by atoms with van der Waals surface area (Å²) >= 11 is 6.32. The monoisotopic (exact) mass is 430 g/mol. The van der Waals surface area contributed by atoms with E-state index in [-0.39, 0.29) is 16.6 Å². The van der Waals surface area contributed by atoms with Crippen molar-refractivity contribution in [2.24, 2.45) is 0 Å². The Morgan fingerprint density at radius 2 is 2.00 bits per heavy atom. The van der Waals surface area contributed by atoms with Gasteiger partial charge < -0.3 is 10.2 Å². The number of hydrogen-bond donors (Lipinski definition) is 1. The molecule has 9 heteroatoms. The van der Waals surface area contributed by atoms with Crippen molar-refractivity contribution in [1.29, 1.82) is 0 Å². The summed E-state index contributed by atoms with van der Waals surface area (Å²) in [6, 6.07) is 8.51. The number of rotatable bonds is 3. The smallest absolute Gasteiger partial charge is 0.292 e. The van der Waals surface area contributed by atoms with Crippen LogP contribution in [0.3, 0.4) is 0 Å². The fourth-order valence-electron chi connectivity index (χ4n) is 3.59. The maximum atomic E-state index is 14.1. The van der Waals surface area contributed by atoms with Crippen molar-refractivity contribution in [1.82, 2.24) is 9.78 Å². The molecule has 2 heterocycles. The number of nitrogens with zero attached hydrogens (tertiary/aromatic N) is 3. The minimum atomic E-state index is -0.911. The normalized spacial score (nSPS) is 13.1. The Hall–Kier alpha value is -3.26. The van der Waals surface area contributed by atoms with Crippen molar-refractivity contribution in [3.8, 4) is 5.69 Å². The maximum absolute atomic E-state index is 14.1. The van der Waals surface area contributed by atoms with E-state index in [4.69, 9.17) is 11.6 Å². The average Bonchev–Trinajstić information content (AvgIpc) is 2.70. The second-order valence-corrected chi connectivity index (χ2v) is 7.33. The summed E-state index contributed by atoms with van der Waals surface area (Å²) in [5, 5.41) is 6.78. The SMILES string of the molecule is CC(=O)Nc1cccc2c1CCN(c1cnn(-c3ccc(F)cc3F)c(=O)c1Cl)C2. The van der Waals surface area contributed by atoms with Gasteiger partial charge in [-0.2, -0.15) is 9.78 Å². The first-order chi connectivity index (χ1) is 14.3. The van der Waals surface area contributed by atoms with E-state index in [0.717, 1.165) is 33.6 Å². The summed E-state index contributed by atoms with van der Waals surface area (Å²) in [4.78, 5) is 26.1. The zero-order valence-corrected chi connectivity index (χ0v) is 16.7. The molecule has 0 atom stereocenters. The number of aromatic nitrogens is 2. The van der Waals surface area contributed by atoms with Gasteiger partial charge in [-0.15, -0.1) is 0 Å². The molecule has 1 aromatic heterocycles. The Bertz CT molecular complexity index is 1210. The highest BCUT2D eigenvalue weighted by Crippen LogP contribution is 2.31. The van der Waals surface area contributed by atoms with E-state index < -0.39 is 17.2 Å². The predicted octanol–water partition coefficient (Wildman–Crippen LogP) is 3.69. The Kier molecular flexibility index (Phi) is 5.26. The summed E-state index contributed by atoms with van der Waals surface area (Å²) in [6.07, 6.45) is 2.03. The van der Waals surface area contributed by atoms with Gasteiger partial charge in [0, 0.05) is 31.8 Å². The molecule has 0 spiro atoms. The van der Waals surface area contributed by atoms with Crippen LogP contribution in [0.15, 0.2) is 47.4 Å². The summed E-state index contributed by atoms with van der Waals surface area (Å²) in [5.41, 5.74) is 2.35. The van der Waals surface area contributed by atoms with Crippen LogP contribution in [-0.4, -0.2) is 22.2 Å². The standard InChI is InChI=1S/C21H17ClF2N4O2/c1-12(29)26-17-4-2-3-13-11-27(8-7-15(13)17)19-10-25-28(21(30)20(19)22)18-6-5-14(23)9-16(18)24/h2-6,9-10H,7-8,11H2,1H3,(H,26,29). The van der Waals surface area contributed by atoms with Crippen molar-refractivity contribution in [3.63, 3.8) is 0 Å². The fourth-order valence-corrected chi connectivity index (χ4v) is 3.84. The Balaban J connectivity index is 1.67. The van der Waals surface area contributed by atoms with Crippen LogP contribution in [0.4, 0.5) is 20.2 Å². The van der Waals surface area contributed by atoms with Gasteiger partial charge in [-0.3, -0.25) is 9.59 Å². The molecule has 1 amide bonds. The van der Waals surface area contributed by atoms with Gasteiger partial charge in [-0.25, -0.2) is 8.78 Å². The van der Waals surface area contributed by atoms with E-state index in [0.29, 0.717) is 31.3 Å². The van der Waals surface area contributed by atoms with Gasteiger partial charge in [0.15, 0.2) is 5.82 Å². The van der Waals surface area contributed by atoms with Crippen molar-refractivity contribution in [2.45, 2.75) is 19.9 Å². The van der Waals surface area contributed by atoms with Gasteiger partial charge in [0.05, 0.1) is 11.9 Å². The molecule has 4 rings (SSSR count). The lowest BCUT2D eigenvalue weighted by atomic mass is 9.97. The average molecular weight is 431 g/mol. The number of carbonyl (C=O) groups excluding carboxylic acids is 1. The van der Waals surface area contributed by atoms with Crippen LogP contribution in [0.5, 0.6) is 0 Å². The molecule has 3 aromatic rings. The number of anilines is 2. The zero-order chi connectivity index (χ0) is 21.4. The molecule has 0 radical (unpaired) electrons. The molecule has 0 unspecified atom stereocenters. The molecule has 30 heavy (non-hydrogen) atoms. The van der Waals surface area contributed by atoms with Crippen LogP contribution in [0, 0.1) is 11.6 Å². The van der Waals surface area contributed by atoms with Crippen molar-refractivity contribution in [3.05, 3.63) is 80.7 Å². The minimum Gasteiger partial charge on any atom is -0.364 e. The molecular weight excluding hydrogens is 414 g/mol.